The van der Waals surface area contributed by atoms with Crippen molar-refractivity contribution in [2.24, 2.45) is 0 Å². The highest BCUT2D eigenvalue weighted by molar-refractivity contribution is 6.26. The standard InChI is InChI=1S/C59H36N4/c1-3-16-39(17-4-1)57-60-35-42(36-61-57)56-34-55(62-58(63-56)40-18-5-2-6-19-40)41-30-29-38-28-27-37-15-7-13-25-51(37)59(53(38)31-41)52-26-14-12-24-47(52)50-32-48-45-22-10-8-20-43(45)44-21-9-11-23-46(44)49(48)33-54(50)59/h1-36H. The van der Waals surface area contributed by atoms with Crippen LogP contribution in [0.5, 0.6) is 0 Å². The Balaban J connectivity index is 1.08. The van der Waals surface area contributed by atoms with Gasteiger partial charge in [0.1, 0.15) is 0 Å². The Kier molecular flexibility index (Phi) is 7.79. The molecule has 2 aliphatic rings. The monoisotopic (exact) mass is 800 g/mol. The van der Waals surface area contributed by atoms with Crippen LogP contribution >= 0.6 is 0 Å². The number of rotatable bonds is 4. The van der Waals surface area contributed by atoms with E-state index in [9.17, 15) is 0 Å². The molecule has 292 valence electrons. The molecule has 4 heteroatoms. The maximum atomic E-state index is 5.32. The Morgan fingerprint density at radius 1 is 0.302 bits per heavy atom. The number of hydrogen-bond donors (Lipinski definition) is 0. The van der Waals surface area contributed by atoms with Crippen molar-refractivity contribution >= 4 is 44.5 Å². The van der Waals surface area contributed by atoms with Gasteiger partial charge in [0.15, 0.2) is 11.6 Å². The Morgan fingerprint density at radius 2 is 0.825 bits per heavy atom. The van der Waals surface area contributed by atoms with Gasteiger partial charge in [0.25, 0.3) is 0 Å². The van der Waals surface area contributed by atoms with Crippen molar-refractivity contribution in [1.29, 1.82) is 0 Å². The molecule has 13 rings (SSSR count). The SMILES string of the molecule is C1=Cc2ccc(-c3cc(-c4cnc(-c5ccccc5)nc4)nc(-c4ccccc4)n3)cc2C2(c3ccccc31)c1ccccc1-c1cc3c4ccccc4c4ccccc4c3cc12. The Bertz CT molecular complexity index is 3670. The van der Waals surface area contributed by atoms with Crippen LogP contribution in [-0.2, 0) is 5.41 Å². The van der Waals surface area contributed by atoms with Crippen LogP contribution in [0.15, 0.2) is 207 Å². The molecule has 11 aromatic rings. The molecule has 0 radical (unpaired) electrons. The van der Waals surface area contributed by atoms with E-state index in [0.29, 0.717) is 11.6 Å². The number of fused-ring (bicyclic) bond motifs is 15. The zero-order valence-corrected chi connectivity index (χ0v) is 34.1. The smallest absolute Gasteiger partial charge is 0.160 e. The molecule has 9 aromatic carbocycles. The number of aromatic nitrogens is 4. The normalized spacial score (nSPS) is 14.7. The van der Waals surface area contributed by atoms with Crippen molar-refractivity contribution in [3.05, 3.63) is 240 Å². The Labute approximate surface area is 364 Å². The zero-order chi connectivity index (χ0) is 41.5. The van der Waals surface area contributed by atoms with E-state index in [4.69, 9.17) is 19.9 Å². The summed E-state index contributed by atoms with van der Waals surface area (Å²) in [5.41, 5.74) is 14.6. The lowest BCUT2D eigenvalue weighted by molar-refractivity contribution is 0.767. The van der Waals surface area contributed by atoms with Gasteiger partial charge in [-0.25, -0.2) is 19.9 Å². The molecule has 4 nitrogen and oxygen atoms in total. The zero-order valence-electron chi connectivity index (χ0n) is 34.1. The van der Waals surface area contributed by atoms with E-state index in [1.807, 2.05) is 60.9 Å². The first-order chi connectivity index (χ1) is 31.2. The maximum absolute atomic E-state index is 5.32. The molecule has 63 heavy (non-hydrogen) atoms. The van der Waals surface area contributed by atoms with Gasteiger partial charge in [-0.15, -0.1) is 0 Å². The third-order valence-corrected chi connectivity index (χ3v) is 13.2. The molecule has 0 saturated heterocycles. The first kappa shape index (κ1) is 35.4. The van der Waals surface area contributed by atoms with E-state index in [2.05, 4.69) is 158 Å². The lowest BCUT2D eigenvalue weighted by Crippen LogP contribution is -2.30. The molecule has 1 atom stereocenters. The van der Waals surface area contributed by atoms with E-state index in [1.54, 1.807) is 0 Å². The minimum Gasteiger partial charge on any atom is -0.236 e. The fourth-order valence-corrected chi connectivity index (χ4v) is 10.4. The number of hydrogen-bond acceptors (Lipinski definition) is 4. The van der Waals surface area contributed by atoms with Crippen LogP contribution in [0.4, 0.5) is 0 Å². The van der Waals surface area contributed by atoms with Gasteiger partial charge in [0, 0.05) is 34.6 Å². The third kappa shape index (κ3) is 5.35. The molecule has 0 fully saturated rings. The predicted molar refractivity (Wildman–Crippen MR) is 258 cm³/mol. The minimum absolute atomic E-state index is 0.641. The molecular weight excluding hydrogens is 765 g/mol. The van der Waals surface area contributed by atoms with Gasteiger partial charge < -0.3 is 0 Å². The molecule has 1 unspecified atom stereocenters. The summed E-state index contributed by atoms with van der Waals surface area (Å²) in [5, 5.41) is 7.61. The second kappa shape index (κ2) is 13.8. The second-order valence-electron chi connectivity index (χ2n) is 16.5. The van der Waals surface area contributed by atoms with Crippen LogP contribution < -0.4 is 0 Å². The maximum Gasteiger partial charge on any atom is 0.160 e. The molecule has 2 aliphatic carbocycles. The largest absolute Gasteiger partial charge is 0.236 e. The van der Waals surface area contributed by atoms with Gasteiger partial charge in [-0.3, -0.25) is 0 Å². The van der Waals surface area contributed by atoms with Gasteiger partial charge in [0.05, 0.1) is 16.8 Å². The van der Waals surface area contributed by atoms with Crippen LogP contribution in [0, 0.1) is 0 Å². The van der Waals surface area contributed by atoms with Crippen molar-refractivity contribution in [2.45, 2.75) is 5.41 Å². The third-order valence-electron chi connectivity index (χ3n) is 13.2. The highest BCUT2D eigenvalue weighted by Gasteiger charge is 2.49. The van der Waals surface area contributed by atoms with Crippen LogP contribution in [-0.4, -0.2) is 19.9 Å². The van der Waals surface area contributed by atoms with E-state index in [1.165, 1.54) is 76.8 Å². The molecular formula is C59H36N4. The second-order valence-corrected chi connectivity index (χ2v) is 16.5. The van der Waals surface area contributed by atoms with Gasteiger partial charge >= 0.3 is 0 Å². The molecule has 0 bridgehead atoms. The van der Waals surface area contributed by atoms with Gasteiger partial charge in [-0.05, 0) is 101 Å². The molecule has 0 N–H and O–H groups in total. The summed E-state index contributed by atoms with van der Waals surface area (Å²) in [6, 6.07) is 70.0. The van der Waals surface area contributed by atoms with Crippen molar-refractivity contribution in [2.75, 3.05) is 0 Å². The predicted octanol–water partition coefficient (Wildman–Crippen LogP) is 14.2. The molecule has 0 saturated carbocycles. The molecule has 0 amide bonds. The van der Waals surface area contributed by atoms with Crippen molar-refractivity contribution < 1.29 is 0 Å². The van der Waals surface area contributed by atoms with Crippen molar-refractivity contribution in [3.63, 3.8) is 0 Å². The van der Waals surface area contributed by atoms with E-state index >= 15 is 0 Å². The topological polar surface area (TPSA) is 51.6 Å². The van der Waals surface area contributed by atoms with Crippen LogP contribution in [0.2, 0.25) is 0 Å². The van der Waals surface area contributed by atoms with Crippen LogP contribution in [0.25, 0.3) is 101 Å². The van der Waals surface area contributed by atoms with Crippen molar-refractivity contribution in [1.82, 2.24) is 19.9 Å². The molecule has 2 heterocycles. The van der Waals surface area contributed by atoms with Crippen LogP contribution in [0.3, 0.4) is 0 Å². The summed E-state index contributed by atoms with van der Waals surface area (Å²) in [5.74, 6) is 1.32. The van der Waals surface area contributed by atoms with Gasteiger partial charge in [0.2, 0.25) is 0 Å². The summed E-state index contributed by atoms with van der Waals surface area (Å²) < 4.78 is 0. The summed E-state index contributed by atoms with van der Waals surface area (Å²) in [6.45, 7) is 0. The summed E-state index contributed by atoms with van der Waals surface area (Å²) in [6.07, 6.45) is 8.33. The van der Waals surface area contributed by atoms with Crippen molar-refractivity contribution in [3.8, 4) is 56.4 Å². The highest BCUT2D eigenvalue weighted by atomic mass is 14.9. The average Bonchev–Trinajstić information content (AvgIpc) is 3.56. The van der Waals surface area contributed by atoms with Gasteiger partial charge in [-0.2, -0.15) is 0 Å². The quantitative estimate of drug-likeness (QED) is 0.166. The van der Waals surface area contributed by atoms with E-state index in [0.717, 1.165) is 33.6 Å². The average molecular weight is 801 g/mol. The molecule has 2 aromatic heterocycles. The number of nitrogens with zero attached hydrogens (tertiary/aromatic N) is 4. The Hall–Kier alpha value is -8.34. The summed E-state index contributed by atoms with van der Waals surface area (Å²) in [7, 11) is 0. The lowest BCUT2D eigenvalue weighted by Gasteiger charge is -2.35. The summed E-state index contributed by atoms with van der Waals surface area (Å²) in [4.78, 5) is 20.0. The molecule has 1 spiro atoms. The first-order valence-electron chi connectivity index (χ1n) is 21.4. The molecule has 0 aliphatic heterocycles. The lowest BCUT2D eigenvalue weighted by atomic mass is 9.65. The van der Waals surface area contributed by atoms with E-state index in [-0.39, 0.29) is 0 Å². The first-order valence-corrected chi connectivity index (χ1v) is 21.4. The van der Waals surface area contributed by atoms with E-state index < -0.39 is 5.41 Å². The fourth-order valence-electron chi connectivity index (χ4n) is 10.4. The Morgan fingerprint density at radius 3 is 1.51 bits per heavy atom. The summed E-state index contributed by atoms with van der Waals surface area (Å²) >= 11 is 0. The minimum atomic E-state index is -0.641. The number of benzene rings is 9. The van der Waals surface area contributed by atoms with Gasteiger partial charge in [-0.1, -0.05) is 182 Å². The van der Waals surface area contributed by atoms with Crippen LogP contribution in [0.1, 0.15) is 33.4 Å². The highest BCUT2D eigenvalue weighted by Crippen LogP contribution is 2.60. The fraction of sp³-hybridized carbons (Fsp3) is 0.0169.